The van der Waals surface area contributed by atoms with Gasteiger partial charge in [0.25, 0.3) is 0 Å². The summed E-state index contributed by atoms with van der Waals surface area (Å²) in [6.07, 6.45) is 0.957. The van der Waals surface area contributed by atoms with Crippen molar-refractivity contribution in [1.82, 2.24) is 9.78 Å². The summed E-state index contributed by atoms with van der Waals surface area (Å²) in [6, 6.07) is 0. The molecule has 0 aromatic carbocycles. The van der Waals surface area contributed by atoms with Crippen molar-refractivity contribution in [1.29, 1.82) is 0 Å². The van der Waals surface area contributed by atoms with Gasteiger partial charge in [0.1, 0.15) is 0 Å². The quantitative estimate of drug-likeness (QED) is 0.708. The van der Waals surface area contributed by atoms with Crippen molar-refractivity contribution >= 4 is 0 Å². The molecule has 15 heavy (non-hydrogen) atoms. The molecule has 0 saturated carbocycles. The van der Waals surface area contributed by atoms with Crippen molar-refractivity contribution in [3.05, 3.63) is 17.0 Å². The molecule has 0 unspecified atom stereocenters. The molecule has 1 aromatic heterocycles. The summed E-state index contributed by atoms with van der Waals surface area (Å²) in [6.45, 7) is 9.35. The summed E-state index contributed by atoms with van der Waals surface area (Å²) < 4.78 is 7.87. The van der Waals surface area contributed by atoms with Gasteiger partial charge in [-0.05, 0) is 19.8 Å². The van der Waals surface area contributed by atoms with Crippen molar-refractivity contribution in [2.75, 3.05) is 0 Å². The minimum atomic E-state index is -0.0466. The van der Waals surface area contributed by atoms with E-state index in [0.29, 0.717) is 12.5 Å². The van der Waals surface area contributed by atoms with Crippen LogP contribution in [0.4, 0.5) is 0 Å². The van der Waals surface area contributed by atoms with E-state index in [0.717, 1.165) is 6.42 Å². The molecule has 0 amide bonds. The van der Waals surface area contributed by atoms with Gasteiger partial charge in [-0.3, -0.25) is 4.68 Å². The van der Waals surface area contributed by atoms with Gasteiger partial charge in [-0.25, -0.2) is 0 Å². The fourth-order valence-corrected chi connectivity index (χ4v) is 2.19. The number of nitrogens with zero attached hydrogens (tertiary/aromatic N) is 2. The van der Waals surface area contributed by atoms with E-state index in [4.69, 9.17) is 4.74 Å². The molecular formula is C12H20N2O. The van der Waals surface area contributed by atoms with Gasteiger partial charge < -0.3 is 4.74 Å². The summed E-state index contributed by atoms with van der Waals surface area (Å²) >= 11 is 0. The highest BCUT2D eigenvalue weighted by atomic mass is 16.5. The zero-order valence-electron chi connectivity index (χ0n) is 10.3. The number of fused-ring (bicyclic) bond motifs is 1. The van der Waals surface area contributed by atoms with Crippen LogP contribution in [0.3, 0.4) is 0 Å². The lowest BCUT2D eigenvalue weighted by atomic mass is 9.94. The summed E-state index contributed by atoms with van der Waals surface area (Å²) in [5.41, 5.74) is 3.81. The van der Waals surface area contributed by atoms with E-state index in [2.05, 4.69) is 32.8 Å². The summed E-state index contributed by atoms with van der Waals surface area (Å²) in [5, 5.41) is 4.59. The maximum Gasteiger partial charge on any atom is 0.0760 e. The second-order valence-electron chi connectivity index (χ2n) is 5.31. The number of ether oxygens (including phenoxy) is 1. The molecule has 0 bridgehead atoms. The molecule has 0 spiro atoms. The van der Waals surface area contributed by atoms with Gasteiger partial charge >= 0.3 is 0 Å². The van der Waals surface area contributed by atoms with Crippen LogP contribution >= 0.6 is 0 Å². The molecule has 1 aliphatic heterocycles. The molecule has 1 aromatic rings. The van der Waals surface area contributed by atoms with E-state index in [1.807, 2.05) is 11.7 Å². The molecule has 0 N–H and O–H groups in total. The predicted octanol–water partition coefficient (Wildman–Crippen LogP) is 2.39. The number of aromatic nitrogens is 2. The Balaban J connectivity index is 2.44. The Hall–Kier alpha value is -0.830. The lowest BCUT2D eigenvalue weighted by Gasteiger charge is -2.30. The lowest BCUT2D eigenvalue weighted by Crippen LogP contribution is -2.32. The molecule has 1 aliphatic rings. The molecular weight excluding hydrogens is 188 g/mol. The molecule has 3 heteroatoms. The van der Waals surface area contributed by atoms with Gasteiger partial charge in [0.15, 0.2) is 0 Å². The topological polar surface area (TPSA) is 27.1 Å². The fourth-order valence-electron chi connectivity index (χ4n) is 2.19. The monoisotopic (exact) mass is 208 g/mol. The zero-order chi connectivity index (χ0) is 11.2. The summed E-state index contributed by atoms with van der Waals surface area (Å²) in [4.78, 5) is 0. The molecule has 2 heterocycles. The van der Waals surface area contributed by atoms with Gasteiger partial charge in [0.05, 0.1) is 17.9 Å². The highest BCUT2D eigenvalue weighted by Crippen LogP contribution is 2.31. The third-order valence-electron chi connectivity index (χ3n) is 3.05. The first kappa shape index (κ1) is 10.7. The Bertz CT molecular complexity index is 377. The minimum absolute atomic E-state index is 0.0466. The Labute approximate surface area is 91.4 Å². The van der Waals surface area contributed by atoms with Crippen LogP contribution < -0.4 is 0 Å². The molecule has 84 valence electrons. The van der Waals surface area contributed by atoms with Gasteiger partial charge in [0.2, 0.25) is 0 Å². The lowest BCUT2D eigenvalue weighted by molar-refractivity contribution is -0.0418. The Morgan fingerprint density at radius 1 is 1.40 bits per heavy atom. The van der Waals surface area contributed by atoms with E-state index in [-0.39, 0.29) is 5.60 Å². The molecule has 0 saturated heterocycles. The van der Waals surface area contributed by atoms with Crippen molar-refractivity contribution in [2.24, 2.45) is 7.05 Å². The molecule has 0 radical (unpaired) electrons. The van der Waals surface area contributed by atoms with Crippen molar-refractivity contribution < 1.29 is 4.74 Å². The highest BCUT2D eigenvalue weighted by molar-refractivity contribution is 5.30. The average molecular weight is 208 g/mol. The highest BCUT2D eigenvalue weighted by Gasteiger charge is 2.31. The first-order valence-corrected chi connectivity index (χ1v) is 5.59. The third kappa shape index (κ3) is 1.81. The second-order valence-corrected chi connectivity index (χ2v) is 5.31. The maximum atomic E-state index is 5.84. The number of rotatable bonds is 1. The number of aryl methyl sites for hydroxylation is 1. The predicted molar refractivity (Wildman–Crippen MR) is 59.9 cm³/mol. The first-order chi connectivity index (χ1) is 6.91. The van der Waals surface area contributed by atoms with Crippen LogP contribution in [0.5, 0.6) is 0 Å². The van der Waals surface area contributed by atoms with Gasteiger partial charge in [-0.2, -0.15) is 5.10 Å². The third-order valence-corrected chi connectivity index (χ3v) is 3.05. The van der Waals surface area contributed by atoms with Crippen LogP contribution in [-0.2, 0) is 24.8 Å². The normalized spacial score (nSPS) is 19.3. The van der Waals surface area contributed by atoms with Crippen molar-refractivity contribution in [3.8, 4) is 0 Å². The van der Waals surface area contributed by atoms with Crippen LogP contribution in [0, 0.1) is 0 Å². The van der Waals surface area contributed by atoms with Gasteiger partial charge in [-0.1, -0.05) is 13.8 Å². The molecule has 0 atom stereocenters. The Kier molecular flexibility index (Phi) is 2.38. The number of hydrogen-bond donors (Lipinski definition) is 0. The zero-order valence-corrected chi connectivity index (χ0v) is 10.3. The minimum Gasteiger partial charge on any atom is -0.370 e. The average Bonchev–Trinajstić information content (AvgIpc) is 2.42. The second kappa shape index (κ2) is 3.34. The van der Waals surface area contributed by atoms with E-state index >= 15 is 0 Å². The standard InChI is InChI=1S/C12H20N2O/c1-8(2)11-9-7-15-12(3,4)6-10(9)14(5)13-11/h8H,6-7H2,1-5H3. The van der Waals surface area contributed by atoms with E-state index in [1.54, 1.807) is 0 Å². The van der Waals surface area contributed by atoms with E-state index < -0.39 is 0 Å². The molecule has 3 nitrogen and oxygen atoms in total. The number of hydrogen-bond acceptors (Lipinski definition) is 2. The van der Waals surface area contributed by atoms with E-state index in [1.165, 1.54) is 17.0 Å². The Morgan fingerprint density at radius 3 is 2.67 bits per heavy atom. The smallest absolute Gasteiger partial charge is 0.0760 e. The van der Waals surface area contributed by atoms with Gasteiger partial charge in [0, 0.05) is 24.7 Å². The first-order valence-electron chi connectivity index (χ1n) is 5.59. The van der Waals surface area contributed by atoms with Crippen molar-refractivity contribution in [3.63, 3.8) is 0 Å². The van der Waals surface area contributed by atoms with Gasteiger partial charge in [-0.15, -0.1) is 0 Å². The molecule has 2 rings (SSSR count). The Morgan fingerprint density at radius 2 is 2.07 bits per heavy atom. The molecule has 0 aliphatic carbocycles. The fraction of sp³-hybridized carbons (Fsp3) is 0.750. The largest absolute Gasteiger partial charge is 0.370 e. The summed E-state index contributed by atoms with van der Waals surface area (Å²) in [7, 11) is 2.03. The maximum absolute atomic E-state index is 5.84. The van der Waals surface area contributed by atoms with E-state index in [9.17, 15) is 0 Å². The van der Waals surface area contributed by atoms with Crippen LogP contribution in [0.2, 0.25) is 0 Å². The SMILES string of the molecule is CC(C)c1nn(C)c2c1COC(C)(C)C2. The molecule has 0 fully saturated rings. The van der Waals surface area contributed by atoms with Crippen molar-refractivity contribution in [2.45, 2.75) is 52.2 Å². The van der Waals surface area contributed by atoms with Crippen LogP contribution in [-0.4, -0.2) is 15.4 Å². The summed E-state index contributed by atoms with van der Waals surface area (Å²) in [5.74, 6) is 0.477. The van der Waals surface area contributed by atoms with Crippen LogP contribution in [0.1, 0.15) is 50.6 Å². The van der Waals surface area contributed by atoms with Crippen LogP contribution in [0.15, 0.2) is 0 Å². The van der Waals surface area contributed by atoms with Crippen LogP contribution in [0.25, 0.3) is 0 Å².